The number of carbonyl (C=O) groups is 1. The number of carbonyl (C=O) groups excluding carboxylic acids is 1. The van der Waals surface area contributed by atoms with Crippen molar-refractivity contribution in [1.29, 1.82) is 0 Å². The fourth-order valence-corrected chi connectivity index (χ4v) is 4.15. The summed E-state index contributed by atoms with van der Waals surface area (Å²) in [6, 6.07) is 15.2. The number of furan rings is 1. The number of hydrogen-bond donors (Lipinski definition) is 1. The third-order valence-corrected chi connectivity index (χ3v) is 6.37. The minimum absolute atomic E-state index is 0.0675. The standard InChI is InChI=1S/C25H28N2O6S/c1-4-32-23-13-9-20(16-24(23)31-3)18-27(2)25(28)14-10-19-7-11-22(12-8-19)34(29,30)26-17-21-6-5-15-33-21/h5-16,26H,4,17-18H2,1-3H3. The summed E-state index contributed by atoms with van der Waals surface area (Å²) in [5.41, 5.74) is 1.61. The van der Waals surface area contributed by atoms with Crippen molar-refractivity contribution in [2.75, 3.05) is 20.8 Å². The Kier molecular flexibility index (Phi) is 8.50. The second-order valence-corrected chi connectivity index (χ2v) is 9.19. The SMILES string of the molecule is CCOc1ccc(CN(C)C(=O)C=Cc2ccc(S(=O)(=O)NCc3ccco3)cc2)cc1OC. The van der Waals surface area contributed by atoms with E-state index in [0.717, 1.165) is 5.56 Å². The Morgan fingerprint density at radius 3 is 2.53 bits per heavy atom. The quantitative estimate of drug-likeness (QED) is 0.415. The molecule has 0 fully saturated rings. The van der Waals surface area contributed by atoms with Crippen molar-refractivity contribution in [2.45, 2.75) is 24.9 Å². The number of hydrogen-bond acceptors (Lipinski definition) is 6. The molecule has 0 aliphatic heterocycles. The van der Waals surface area contributed by atoms with Crippen LogP contribution in [0.15, 0.2) is 76.2 Å². The van der Waals surface area contributed by atoms with Crippen LogP contribution in [0.25, 0.3) is 6.08 Å². The van der Waals surface area contributed by atoms with Gasteiger partial charge in [0.2, 0.25) is 15.9 Å². The zero-order valence-electron chi connectivity index (χ0n) is 19.4. The van der Waals surface area contributed by atoms with Crippen LogP contribution < -0.4 is 14.2 Å². The van der Waals surface area contributed by atoms with Crippen molar-refractivity contribution in [2.24, 2.45) is 0 Å². The molecule has 0 spiro atoms. The van der Waals surface area contributed by atoms with E-state index in [4.69, 9.17) is 13.9 Å². The molecule has 0 bridgehead atoms. The molecule has 0 unspecified atom stereocenters. The Labute approximate surface area is 199 Å². The molecular weight excluding hydrogens is 456 g/mol. The molecule has 3 rings (SSSR count). The van der Waals surface area contributed by atoms with Crippen molar-refractivity contribution in [3.8, 4) is 11.5 Å². The fraction of sp³-hybridized carbons (Fsp3) is 0.240. The number of nitrogens with one attached hydrogen (secondary N) is 1. The second-order valence-electron chi connectivity index (χ2n) is 7.42. The van der Waals surface area contributed by atoms with Gasteiger partial charge in [-0.2, -0.15) is 0 Å². The number of likely N-dealkylation sites (N-methyl/N-ethyl adjacent to an activating group) is 1. The first kappa shape index (κ1) is 25.1. The van der Waals surface area contributed by atoms with Gasteiger partial charge in [0.1, 0.15) is 5.76 Å². The molecule has 8 nitrogen and oxygen atoms in total. The summed E-state index contributed by atoms with van der Waals surface area (Å²) in [7, 11) is -0.395. The van der Waals surface area contributed by atoms with E-state index in [2.05, 4.69) is 4.72 Å². The van der Waals surface area contributed by atoms with Crippen LogP contribution in [0.1, 0.15) is 23.8 Å². The number of amides is 1. The summed E-state index contributed by atoms with van der Waals surface area (Å²) in [4.78, 5) is 14.2. The summed E-state index contributed by atoms with van der Waals surface area (Å²) in [6.45, 7) is 2.90. The molecule has 0 saturated heterocycles. The molecule has 2 aromatic carbocycles. The molecule has 180 valence electrons. The van der Waals surface area contributed by atoms with Gasteiger partial charge in [-0.15, -0.1) is 0 Å². The summed E-state index contributed by atoms with van der Waals surface area (Å²) in [6.07, 6.45) is 4.58. The number of rotatable bonds is 11. The van der Waals surface area contributed by atoms with Gasteiger partial charge in [-0.05, 0) is 60.5 Å². The Hall–Kier alpha value is -3.56. The van der Waals surface area contributed by atoms with E-state index in [1.165, 1.54) is 24.5 Å². The van der Waals surface area contributed by atoms with Crippen LogP contribution in [0, 0.1) is 0 Å². The molecule has 0 atom stereocenters. The molecule has 0 saturated carbocycles. The van der Waals surface area contributed by atoms with Gasteiger partial charge in [0.15, 0.2) is 11.5 Å². The van der Waals surface area contributed by atoms with E-state index in [9.17, 15) is 13.2 Å². The van der Waals surface area contributed by atoms with Crippen LogP contribution in [0.3, 0.4) is 0 Å². The molecule has 0 aliphatic carbocycles. The summed E-state index contributed by atoms with van der Waals surface area (Å²) in [5, 5.41) is 0. The highest BCUT2D eigenvalue weighted by Gasteiger charge is 2.14. The summed E-state index contributed by atoms with van der Waals surface area (Å²) < 4.78 is 43.3. The molecule has 0 radical (unpaired) electrons. The lowest BCUT2D eigenvalue weighted by Gasteiger charge is -2.17. The van der Waals surface area contributed by atoms with E-state index in [0.29, 0.717) is 36.0 Å². The third-order valence-electron chi connectivity index (χ3n) is 4.95. The third kappa shape index (κ3) is 6.72. The van der Waals surface area contributed by atoms with Gasteiger partial charge in [-0.25, -0.2) is 13.1 Å². The van der Waals surface area contributed by atoms with Gasteiger partial charge in [0.25, 0.3) is 0 Å². The van der Waals surface area contributed by atoms with Crippen molar-refractivity contribution < 1.29 is 27.1 Å². The van der Waals surface area contributed by atoms with Crippen LogP contribution in [-0.4, -0.2) is 40.0 Å². The summed E-state index contributed by atoms with van der Waals surface area (Å²) in [5.74, 6) is 1.60. The monoisotopic (exact) mass is 484 g/mol. The van der Waals surface area contributed by atoms with Crippen molar-refractivity contribution >= 4 is 22.0 Å². The van der Waals surface area contributed by atoms with Gasteiger partial charge in [-0.1, -0.05) is 18.2 Å². The van der Waals surface area contributed by atoms with Crippen LogP contribution in [-0.2, 0) is 27.9 Å². The zero-order valence-corrected chi connectivity index (χ0v) is 20.2. The van der Waals surface area contributed by atoms with E-state index < -0.39 is 10.0 Å². The average Bonchev–Trinajstić information content (AvgIpc) is 3.36. The van der Waals surface area contributed by atoms with E-state index in [-0.39, 0.29) is 17.3 Å². The predicted octanol–water partition coefficient (Wildman–Crippen LogP) is 3.84. The van der Waals surface area contributed by atoms with Gasteiger partial charge in [-0.3, -0.25) is 4.79 Å². The first-order chi connectivity index (χ1) is 16.3. The molecule has 1 aromatic heterocycles. The topological polar surface area (TPSA) is 98.1 Å². The van der Waals surface area contributed by atoms with Crippen LogP contribution in [0.5, 0.6) is 11.5 Å². The molecule has 1 heterocycles. The van der Waals surface area contributed by atoms with Gasteiger partial charge in [0.05, 0.1) is 31.4 Å². The molecule has 3 aromatic rings. The Balaban J connectivity index is 1.58. The molecule has 1 amide bonds. The molecule has 34 heavy (non-hydrogen) atoms. The van der Waals surface area contributed by atoms with Crippen LogP contribution >= 0.6 is 0 Å². The minimum Gasteiger partial charge on any atom is -0.493 e. The summed E-state index contributed by atoms with van der Waals surface area (Å²) >= 11 is 0. The smallest absolute Gasteiger partial charge is 0.246 e. The molecule has 0 aliphatic rings. The lowest BCUT2D eigenvalue weighted by atomic mass is 10.2. The fourth-order valence-electron chi connectivity index (χ4n) is 3.15. The second kappa shape index (κ2) is 11.5. The largest absolute Gasteiger partial charge is 0.493 e. The van der Waals surface area contributed by atoms with Gasteiger partial charge in [0, 0.05) is 19.7 Å². The lowest BCUT2D eigenvalue weighted by molar-refractivity contribution is -0.125. The number of nitrogens with zero attached hydrogens (tertiary/aromatic N) is 1. The number of sulfonamides is 1. The number of methoxy groups -OCH3 is 1. The Morgan fingerprint density at radius 2 is 1.88 bits per heavy atom. The van der Waals surface area contributed by atoms with E-state index in [1.54, 1.807) is 49.4 Å². The maximum atomic E-state index is 12.5. The van der Waals surface area contributed by atoms with Crippen molar-refractivity contribution in [1.82, 2.24) is 9.62 Å². The van der Waals surface area contributed by atoms with Crippen molar-refractivity contribution in [3.05, 3.63) is 83.8 Å². The average molecular weight is 485 g/mol. The highest BCUT2D eigenvalue weighted by molar-refractivity contribution is 7.89. The Bertz CT molecular complexity index is 1220. The number of ether oxygens (including phenoxy) is 2. The lowest BCUT2D eigenvalue weighted by Crippen LogP contribution is -2.24. The zero-order chi connectivity index (χ0) is 24.6. The van der Waals surface area contributed by atoms with Crippen LogP contribution in [0.2, 0.25) is 0 Å². The predicted molar refractivity (Wildman–Crippen MR) is 129 cm³/mol. The van der Waals surface area contributed by atoms with Gasteiger partial charge >= 0.3 is 0 Å². The van der Waals surface area contributed by atoms with E-state index >= 15 is 0 Å². The number of benzene rings is 2. The van der Waals surface area contributed by atoms with E-state index in [1.807, 2.05) is 25.1 Å². The first-order valence-electron chi connectivity index (χ1n) is 10.7. The molecular formula is C25H28N2O6S. The molecule has 1 N–H and O–H groups in total. The molecule has 9 heteroatoms. The Morgan fingerprint density at radius 1 is 1.12 bits per heavy atom. The maximum absolute atomic E-state index is 12.5. The maximum Gasteiger partial charge on any atom is 0.246 e. The van der Waals surface area contributed by atoms with Gasteiger partial charge < -0.3 is 18.8 Å². The first-order valence-corrected chi connectivity index (χ1v) is 12.2. The van der Waals surface area contributed by atoms with Crippen LogP contribution in [0.4, 0.5) is 0 Å². The highest BCUT2D eigenvalue weighted by atomic mass is 32.2. The highest BCUT2D eigenvalue weighted by Crippen LogP contribution is 2.28. The van der Waals surface area contributed by atoms with Crippen molar-refractivity contribution in [3.63, 3.8) is 0 Å². The minimum atomic E-state index is -3.67. The normalized spacial score (nSPS) is 11.5.